The molecule has 1 aromatic carbocycles. The lowest BCUT2D eigenvalue weighted by Crippen LogP contribution is -1.99. The van der Waals surface area contributed by atoms with Crippen molar-refractivity contribution < 1.29 is 9.18 Å². The largest absolute Gasteiger partial charge is 0.298 e. The number of rotatable bonds is 5. The zero-order chi connectivity index (χ0) is 17.4. The number of hydrogen-bond acceptors (Lipinski definition) is 3. The molecular weight excluding hydrogens is 317 g/mol. The van der Waals surface area contributed by atoms with Gasteiger partial charge in [-0.2, -0.15) is 9.49 Å². The Hall–Kier alpha value is -2.82. The Morgan fingerprint density at radius 3 is 2.64 bits per heavy atom. The van der Waals surface area contributed by atoms with Crippen molar-refractivity contribution in [2.24, 2.45) is 0 Å². The average Bonchev–Trinajstić information content (AvgIpc) is 3.40. The lowest BCUT2D eigenvalue weighted by Gasteiger charge is -2.05. The smallest absolute Gasteiger partial charge is 0.212 e. The summed E-state index contributed by atoms with van der Waals surface area (Å²) in [5.41, 5.74) is 5.45. The molecule has 0 atom stereocenters. The molecule has 0 bridgehead atoms. The van der Waals surface area contributed by atoms with E-state index in [-0.39, 0.29) is 0 Å². The Labute approximate surface area is 145 Å². The summed E-state index contributed by atoms with van der Waals surface area (Å²) in [7, 11) is 0. The van der Waals surface area contributed by atoms with Crippen LogP contribution in [0, 0.1) is 5.95 Å². The molecule has 1 aliphatic carbocycles. The predicted molar refractivity (Wildman–Crippen MR) is 93.9 cm³/mol. The molecule has 5 heteroatoms. The van der Waals surface area contributed by atoms with Crippen LogP contribution in [-0.4, -0.2) is 21.1 Å². The van der Waals surface area contributed by atoms with Gasteiger partial charge in [0.1, 0.15) is 6.29 Å². The van der Waals surface area contributed by atoms with Gasteiger partial charge in [-0.15, -0.1) is 0 Å². The molecule has 0 unspecified atom stereocenters. The standard InChI is InChI=1S/C20H18FN3O/c1-2-24-19(15-7-8-20(21)22-11-15)10-18(23-24)14-5-6-16(12-25)17(9-14)13-3-4-13/h5-13H,2-4H2,1H3. The van der Waals surface area contributed by atoms with Crippen molar-refractivity contribution in [1.82, 2.24) is 14.8 Å². The van der Waals surface area contributed by atoms with Crippen LogP contribution >= 0.6 is 0 Å². The molecule has 0 radical (unpaired) electrons. The fourth-order valence-electron chi connectivity index (χ4n) is 3.15. The first-order chi connectivity index (χ1) is 12.2. The van der Waals surface area contributed by atoms with Gasteiger partial charge in [-0.25, -0.2) is 4.98 Å². The van der Waals surface area contributed by atoms with Crippen molar-refractivity contribution in [2.75, 3.05) is 0 Å². The molecule has 2 aromatic heterocycles. The van der Waals surface area contributed by atoms with E-state index in [1.807, 2.05) is 29.8 Å². The van der Waals surface area contributed by atoms with Crippen LogP contribution in [0.5, 0.6) is 0 Å². The van der Waals surface area contributed by atoms with Crippen LogP contribution in [0.1, 0.15) is 41.6 Å². The normalized spacial score (nSPS) is 13.8. The molecule has 0 amide bonds. The minimum atomic E-state index is -0.495. The van der Waals surface area contributed by atoms with E-state index in [2.05, 4.69) is 16.1 Å². The summed E-state index contributed by atoms with van der Waals surface area (Å²) in [4.78, 5) is 15.0. The van der Waals surface area contributed by atoms with Gasteiger partial charge in [0, 0.05) is 29.4 Å². The molecule has 4 nitrogen and oxygen atoms in total. The highest BCUT2D eigenvalue weighted by atomic mass is 19.1. The average molecular weight is 335 g/mol. The summed E-state index contributed by atoms with van der Waals surface area (Å²) < 4.78 is 15.0. The zero-order valence-corrected chi connectivity index (χ0v) is 13.9. The highest BCUT2D eigenvalue weighted by Crippen LogP contribution is 2.42. The summed E-state index contributed by atoms with van der Waals surface area (Å²) in [6.07, 6.45) is 4.73. The van der Waals surface area contributed by atoms with Crippen LogP contribution in [0.3, 0.4) is 0 Å². The number of pyridine rings is 1. The molecule has 0 aliphatic heterocycles. The van der Waals surface area contributed by atoms with Crippen molar-refractivity contribution in [3.8, 4) is 22.5 Å². The van der Waals surface area contributed by atoms with Crippen LogP contribution in [0.25, 0.3) is 22.5 Å². The van der Waals surface area contributed by atoms with Crippen LogP contribution in [-0.2, 0) is 6.54 Å². The third kappa shape index (κ3) is 2.97. The van der Waals surface area contributed by atoms with Gasteiger partial charge in [-0.3, -0.25) is 9.48 Å². The van der Waals surface area contributed by atoms with Crippen LogP contribution < -0.4 is 0 Å². The van der Waals surface area contributed by atoms with E-state index in [9.17, 15) is 9.18 Å². The third-order valence-electron chi connectivity index (χ3n) is 4.63. The van der Waals surface area contributed by atoms with Gasteiger partial charge in [0.15, 0.2) is 0 Å². The molecule has 126 valence electrons. The van der Waals surface area contributed by atoms with Gasteiger partial charge >= 0.3 is 0 Å². The number of carbonyl (C=O) groups excluding carboxylic acids is 1. The number of benzene rings is 1. The fraction of sp³-hybridized carbons (Fsp3) is 0.250. The Kier molecular flexibility index (Phi) is 3.92. The molecular formula is C20H18FN3O. The van der Waals surface area contributed by atoms with Gasteiger partial charge in [-0.1, -0.05) is 12.1 Å². The molecule has 3 aromatic rings. The maximum absolute atomic E-state index is 13.1. The van der Waals surface area contributed by atoms with E-state index in [1.165, 1.54) is 12.3 Å². The second-order valence-electron chi connectivity index (χ2n) is 6.34. The van der Waals surface area contributed by atoms with Crippen molar-refractivity contribution in [3.05, 3.63) is 59.7 Å². The first-order valence-corrected chi connectivity index (χ1v) is 8.49. The van der Waals surface area contributed by atoms with E-state index in [0.29, 0.717) is 12.5 Å². The summed E-state index contributed by atoms with van der Waals surface area (Å²) in [6, 6.07) is 10.9. The van der Waals surface area contributed by atoms with E-state index >= 15 is 0 Å². The van der Waals surface area contributed by atoms with Crippen LogP contribution in [0.4, 0.5) is 4.39 Å². The van der Waals surface area contributed by atoms with Crippen molar-refractivity contribution >= 4 is 6.29 Å². The number of carbonyl (C=O) groups is 1. The van der Waals surface area contributed by atoms with E-state index in [1.54, 1.807) is 6.07 Å². The number of hydrogen-bond donors (Lipinski definition) is 0. The molecule has 2 heterocycles. The number of halogens is 1. The topological polar surface area (TPSA) is 47.8 Å². The molecule has 0 saturated heterocycles. The van der Waals surface area contributed by atoms with E-state index < -0.39 is 5.95 Å². The number of aromatic nitrogens is 3. The Morgan fingerprint density at radius 1 is 1.20 bits per heavy atom. The minimum absolute atomic E-state index is 0.495. The Morgan fingerprint density at radius 2 is 2.00 bits per heavy atom. The minimum Gasteiger partial charge on any atom is -0.298 e. The van der Waals surface area contributed by atoms with Crippen molar-refractivity contribution in [1.29, 1.82) is 0 Å². The molecule has 0 spiro atoms. The van der Waals surface area contributed by atoms with Gasteiger partial charge in [0.2, 0.25) is 5.95 Å². The lowest BCUT2D eigenvalue weighted by atomic mass is 9.99. The van der Waals surface area contributed by atoms with Gasteiger partial charge < -0.3 is 0 Å². The molecule has 1 fully saturated rings. The van der Waals surface area contributed by atoms with Crippen molar-refractivity contribution in [2.45, 2.75) is 32.2 Å². The number of aryl methyl sites for hydroxylation is 1. The Balaban J connectivity index is 1.77. The monoisotopic (exact) mass is 335 g/mol. The summed E-state index contributed by atoms with van der Waals surface area (Å²) in [5.74, 6) is -0.000700. The first kappa shape index (κ1) is 15.7. The third-order valence-corrected chi connectivity index (χ3v) is 4.63. The molecule has 4 rings (SSSR count). The summed E-state index contributed by atoms with van der Waals surface area (Å²) >= 11 is 0. The lowest BCUT2D eigenvalue weighted by molar-refractivity contribution is 0.112. The molecule has 25 heavy (non-hydrogen) atoms. The maximum atomic E-state index is 13.1. The predicted octanol–water partition coefficient (Wildman–Crippen LogP) is 4.46. The van der Waals surface area contributed by atoms with Gasteiger partial charge in [0.25, 0.3) is 0 Å². The zero-order valence-electron chi connectivity index (χ0n) is 13.9. The second kappa shape index (κ2) is 6.24. The summed E-state index contributed by atoms with van der Waals surface area (Å²) in [6.45, 7) is 2.72. The van der Waals surface area contributed by atoms with Gasteiger partial charge in [-0.05, 0) is 55.5 Å². The molecule has 0 N–H and O–H groups in total. The maximum Gasteiger partial charge on any atom is 0.212 e. The SMILES string of the molecule is CCn1nc(-c2ccc(C=O)c(C3CC3)c2)cc1-c1ccc(F)nc1. The van der Waals surface area contributed by atoms with Gasteiger partial charge in [0.05, 0.1) is 11.4 Å². The van der Waals surface area contributed by atoms with Crippen LogP contribution in [0.2, 0.25) is 0 Å². The Bertz CT molecular complexity index is 927. The number of nitrogens with zero attached hydrogens (tertiary/aromatic N) is 3. The first-order valence-electron chi connectivity index (χ1n) is 8.49. The molecule has 1 aliphatic rings. The van der Waals surface area contributed by atoms with E-state index in [4.69, 9.17) is 0 Å². The van der Waals surface area contributed by atoms with E-state index in [0.717, 1.165) is 52.8 Å². The van der Waals surface area contributed by atoms with Crippen LogP contribution in [0.15, 0.2) is 42.6 Å². The second-order valence-corrected chi connectivity index (χ2v) is 6.34. The highest BCUT2D eigenvalue weighted by Gasteiger charge is 2.26. The summed E-state index contributed by atoms with van der Waals surface area (Å²) in [5, 5.41) is 4.68. The quantitative estimate of drug-likeness (QED) is 0.511. The fourth-order valence-corrected chi connectivity index (χ4v) is 3.15. The molecule has 1 saturated carbocycles. The highest BCUT2D eigenvalue weighted by molar-refractivity contribution is 5.80. The number of aldehydes is 1. The van der Waals surface area contributed by atoms with Crippen molar-refractivity contribution in [3.63, 3.8) is 0 Å².